The van der Waals surface area contributed by atoms with Gasteiger partial charge in [0.25, 0.3) is 11.8 Å². The molecule has 0 spiro atoms. The van der Waals surface area contributed by atoms with E-state index in [0.717, 1.165) is 15.6 Å². The molecule has 1 saturated heterocycles. The Labute approximate surface area is 245 Å². The minimum Gasteiger partial charge on any atom is -0.496 e. The molecular weight excluding hydrogens is 596 g/mol. The van der Waals surface area contributed by atoms with Gasteiger partial charge in [-0.05, 0) is 71.9 Å². The SMILES string of the molecule is COc1cc(C=C2C(=O)N(c3ccccc3)C(=S)N(c3ccccc3)C2=O)cc(Cl)c1Cc1ccccc1Br. The van der Waals surface area contributed by atoms with E-state index < -0.39 is 11.8 Å². The Hall–Kier alpha value is -3.78. The first-order valence-corrected chi connectivity index (χ1v) is 13.6. The summed E-state index contributed by atoms with van der Waals surface area (Å²) in [5, 5.41) is 0.543. The summed E-state index contributed by atoms with van der Waals surface area (Å²) in [7, 11) is 1.57. The van der Waals surface area contributed by atoms with Crippen LogP contribution >= 0.6 is 39.7 Å². The molecule has 0 atom stereocenters. The smallest absolute Gasteiger partial charge is 0.270 e. The van der Waals surface area contributed by atoms with E-state index in [4.69, 9.17) is 28.6 Å². The van der Waals surface area contributed by atoms with Crippen molar-refractivity contribution in [2.24, 2.45) is 0 Å². The molecule has 0 bridgehead atoms. The molecule has 1 fully saturated rings. The van der Waals surface area contributed by atoms with Gasteiger partial charge in [-0.3, -0.25) is 19.4 Å². The molecule has 0 N–H and O–H groups in total. The van der Waals surface area contributed by atoms with Gasteiger partial charge in [0.1, 0.15) is 11.3 Å². The fraction of sp³-hybridized carbons (Fsp3) is 0.0645. The van der Waals surface area contributed by atoms with Crippen LogP contribution in [0.5, 0.6) is 5.75 Å². The Bertz CT molecular complexity index is 1550. The van der Waals surface area contributed by atoms with Gasteiger partial charge in [0.15, 0.2) is 5.11 Å². The summed E-state index contributed by atoms with van der Waals surface area (Å²) in [6.07, 6.45) is 2.07. The molecule has 194 valence electrons. The summed E-state index contributed by atoms with van der Waals surface area (Å²) >= 11 is 16.0. The number of para-hydroxylation sites is 2. The number of halogens is 2. The highest BCUT2D eigenvalue weighted by atomic mass is 79.9. The summed E-state index contributed by atoms with van der Waals surface area (Å²) in [4.78, 5) is 30.3. The van der Waals surface area contributed by atoms with Gasteiger partial charge >= 0.3 is 0 Å². The number of thiocarbonyl (C=S) groups is 1. The standard InChI is InChI=1S/C31H22BrClN2O3S/c1-38-28-18-20(17-27(33)24(28)19-21-10-8-9-15-26(21)32)16-25-29(36)34(22-11-4-2-5-12-22)31(39)35(30(25)37)23-13-6-3-7-14-23/h2-18H,19H2,1H3. The molecule has 0 radical (unpaired) electrons. The maximum atomic E-state index is 13.8. The highest BCUT2D eigenvalue weighted by molar-refractivity contribution is 9.10. The maximum absolute atomic E-state index is 13.8. The number of carbonyl (C=O) groups excluding carboxylic acids is 2. The topological polar surface area (TPSA) is 49.9 Å². The summed E-state index contributed by atoms with van der Waals surface area (Å²) in [5.74, 6) is -0.484. The first kappa shape index (κ1) is 26.8. The summed E-state index contributed by atoms with van der Waals surface area (Å²) in [5.41, 5.74) is 3.48. The molecule has 1 aliphatic rings. The molecule has 1 heterocycles. The quantitative estimate of drug-likeness (QED) is 0.128. The van der Waals surface area contributed by atoms with E-state index in [1.165, 1.54) is 15.9 Å². The van der Waals surface area contributed by atoms with E-state index in [9.17, 15) is 9.59 Å². The zero-order chi connectivity index (χ0) is 27.5. The Morgan fingerprint density at radius 2 is 1.38 bits per heavy atom. The number of ether oxygens (including phenoxy) is 1. The molecule has 4 aromatic rings. The van der Waals surface area contributed by atoms with Crippen LogP contribution in [0.15, 0.2) is 107 Å². The molecule has 0 unspecified atom stereocenters. The van der Waals surface area contributed by atoms with Crippen molar-refractivity contribution in [2.45, 2.75) is 6.42 Å². The van der Waals surface area contributed by atoms with Crippen LogP contribution < -0.4 is 14.5 Å². The largest absolute Gasteiger partial charge is 0.496 e. The second-order valence-corrected chi connectivity index (χ2v) is 10.4. The summed E-state index contributed by atoms with van der Waals surface area (Å²) in [6.45, 7) is 0. The molecule has 0 saturated carbocycles. The van der Waals surface area contributed by atoms with Gasteiger partial charge in [-0.1, -0.05) is 82.1 Å². The van der Waals surface area contributed by atoms with Gasteiger partial charge in [-0.2, -0.15) is 0 Å². The summed E-state index contributed by atoms with van der Waals surface area (Å²) < 4.78 is 6.64. The van der Waals surface area contributed by atoms with Crippen molar-refractivity contribution in [3.63, 3.8) is 0 Å². The molecule has 2 amide bonds. The van der Waals surface area contributed by atoms with Gasteiger partial charge in [0.2, 0.25) is 0 Å². The Morgan fingerprint density at radius 1 is 0.846 bits per heavy atom. The van der Waals surface area contributed by atoms with Crippen LogP contribution in [0.25, 0.3) is 6.08 Å². The average Bonchev–Trinajstić information content (AvgIpc) is 2.94. The molecule has 5 nitrogen and oxygen atoms in total. The second-order valence-electron chi connectivity index (χ2n) is 8.74. The number of rotatable bonds is 6. The van der Waals surface area contributed by atoms with E-state index in [0.29, 0.717) is 34.1 Å². The van der Waals surface area contributed by atoms with Crippen LogP contribution in [-0.4, -0.2) is 24.0 Å². The molecule has 1 aliphatic heterocycles. The zero-order valence-corrected chi connectivity index (χ0v) is 24.0. The number of carbonyl (C=O) groups is 2. The van der Waals surface area contributed by atoms with Crippen molar-refractivity contribution < 1.29 is 14.3 Å². The van der Waals surface area contributed by atoms with E-state index >= 15 is 0 Å². The normalized spacial score (nSPS) is 13.6. The second kappa shape index (κ2) is 11.5. The molecule has 39 heavy (non-hydrogen) atoms. The third-order valence-corrected chi connectivity index (χ3v) is 7.79. The molecule has 5 rings (SSSR count). The minimum absolute atomic E-state index is 0.0482. The first-order chi connectivity index (χ1) is 18.9. The van der Waals surface area contributed by atoms with Crippen molar-refractivity contribution in [1.82, 2.24) is 0 Å². The number of amides is 2. The van der Waals surface area contributed by atoms with Crippen LogP contribution in [0.3, 0.4) is 0 Å². The lowest BCUT2D eigenvalue weighted by atomic mass is 10.00. The van der Waals surface area contributed by atoms with Crippen molar-refractivity contribution in [2.75, 3.05) is 16.9 Å². The van der Waals surface area contributed by atoms with Crippen LogP contribution in [-0.2, 0) is 16.0 Å². The van der Waals surface area contributed by atoms with Crippen LogP contribution in [0.2, 0.25) is 5.02 Å². The maximum Gasteiger partial charge on any atom is 0.270 e. The van der Waals surface area contributed by atoms with E-state index in [2.05, 4.69) is 15.9 Å². The minimum atomic E-state index is -0.518. The van der Waals surface area contributed by atoms with Gasteiger partial charge < -0.3 is 4.74 Å². The number of benzene rings is 4. The third kappa shape index (κ3) is 5.39. The van der Waals surface area contributed by atoms with Crippen molar-refractivity contribution >= 4 is 74.1 Å². The number of anilines is 2. The first-order valence-electron chi connectivity index (χ1n) is 12.0. The lowest BCUT2D eigenvalue weighted by Crippen LogP contribution is -2.56. The monoisotopic (exact) mass is 616 g/mol. The molecular formula is C31H22BrClN2O3S. The average molecular weight is 618 g/mol. The zero-order valence-electron chi connectivity index (χ0n) is 20.8. The van der Waals surface area contributed by atoms with Gasteiger partial charge in [0.05, 0.1) is 18.5 Å². The number of nitrogens with zero attached hydrogens (tertiary/aromatic N) is 2. The lowest BCUT2D eigenvalue weighted by Gasteiger charge is -2.36. The van der Waals surface area contributed by atoms with Crippen molar-refractivity contribution in [1.29, 1.82) is 0 Å². The fourth-order valence-electron chi connectivity index (χ4n) is 4.41. The molecule has 0 aliphatic carbocycles. The van der Waals surface area contributed by atoms with E-state index in [-0.39, 0.29) is 10.7 Å². The highest BCUT2D eigenvalue weighted by Crippen LogP contribution is 2.35. The molecule has 4 aromatic carbocycles. The van der Waals surface area contributed by atoms with Gasteiger partial charge in [-0.15, -0.1) is 0 Å². The fourth-order valence-corrected chi connectivity index (χ4v) is 5.49. The molecule has 0 aromatic heterocycles. The van der Waals surface area contributed by atoms with Crippen molar-refractivity contribution in [3.05, 3.63) is 129 Å². The predicted octanol–water partition coefficient (Wildman–Crippen LogP) is 7.45. The third-order valence-electron chi connectivity index (χ3n) is 6.31. The van der Waals surface area contributed by atoms with Crippen LogP contribution in [0.1, 0.15) is 16.7 Å². The highest BCUT2D eigenvalue weighted by Gasteiger charge is 2.41. The van der Waals surface area contributed by atoms with Crippen molar-refractivity contribution in [3.8, 4) is 5.75 Å². The number of hydrogen-bond donors (Lipinski definition) is 0. The Kier molecular flexibility index (Phi) is 7.93. The predicted molar refractivity (Wildman–Crippen MR) is 163 cm³/mol. The lowest BCUT2D eigenvalue weighted by molar-refractivity contribution is -0.120. The van der Waals surface area contributed by atoms with E-state index in [1.807, 2.05) is 60.7 Å². The van der Waals surface area contributed by atoms with Crippen LogP contribution in [0, 0.1) is 0 Å². The van der Waals surface area contributed by atoms with Gasteiger partial charge in [0, 0.05) is 21.5 Å². The summed E-state index contributed by atoms with van der Waals surface area (Å²) in [6, 6.07) is 29.4. The number of hydrogen-bond acceptors (Lipinski definition) is 4. The Balaban J connectivity index is 1.60. The number of methoxy groups -OCH3 is 1. The molecule has 8 heteroatoms. The van der Waals surface area contributed by atoms with E-state index in [1.54, 1.807) is 43.5 Å². The Morgan fingerprint density at radius 3 is 1.92 bits per heavy atom. The van der Waals surface area contributed by atoms with Crippen LogP contribution in [0.4, 0.5) is 11.4 Å². The van der Waals surface area contributed by atoms with Gasteiger partial charge in [-0.25, -0.2) is 0 Å².